The van der Waals surface area contributed by atoms with Crippen LogP contribution in [-0.2, 0) is 6.42 Å². The summed E-state index contributed by atoms with van der Waals surface area (Å²) in [7, 11) is 0. The maximum atomic E-state index is 8.60. The molecule has 3 aromatic rings. The molecule has 6 nitrogen and oxygen atoms in total. The number of oxime groups is 1. The molecule has 1 aromatic heterocycles. The van der Waals surface area contributed by atoms with Crippen LogP contribution in [-0.4, -0.2) is 20.9 Å². The minimum Gasteiger partial charge on any atom is -0.410 e. The van der Waals surface area contributed by atoms with E-state index in [4.69, 9.17) is 15.7 Å². The zero-order valence-corrected chi connectivity index (χ0v) is 13.8. The van der Waals surface area contributed by atoms with Crippen LogP contribution in [0.15, 0.2) is 59.3 Å². The summed E-state index contributed by atoms with van der Waals surface area (Å²) in [5, 5.41) is 28.5. The van der Waals surface area contributed by atoms with E-state index in [2.05, 4.69) is 39.4 Å². The number of rotatable bonds is 2. The van der Waals surface area contributed by atoms with Crippen LogP contribution >= 0.6 is 0 Å². The Morgan fingerprint density at radius 2 is 1.92 bits per heavy atom. The summed E-state index contributed by atoms with van der Waals surface area (Å²) in [6.45, 7) is 0. The molecular weight excluding hydrogens is 326 g/mol. The summed E-state index contributed by atoms with van der Waals surface area (Å²) in [4.78, 5) is 6.96. The highest BCUT2D eigenvalue weighted by Gasteiger charge is 2.10. The van der Waals surface area contributed by atoms with Crippen molar-refractivity contribution in [2.75, 3.05) is 0 Å². The molecular formula is C20H15N5O. The second-order valence-electron chi connectivity index (χ2n) is 5.68. The van der Waals surface area contributed by atoms with Crippen molar-refractivity contribution in [3.8, 4) is 12.1 Å². The molecule has 0 amide bonds. The average molecular weight is 341 g/mol. The highest BCUT2D eigenvalue weighted by atomic mass is 16.4. The third kappa shape index (κ3) is 3.61. The number of nitrogens with one attached hydrogen (secondary N) is 1. The quantitative estimate of drug-likeness (QED) is 0.419. The van der Waals surface area contributed by atoms with Crippen molar-refractivity contribution in [2.24, 2.45) is 5.16 Å². The fourth-order valence-corrected chi connectivity index (χ4v) is 2.75. The Balaban J connectivity index is 0.000000152. The molecule has 0 radical (unpaired) electrons. The maximum absolute atomic E-state index is 8.60. The van der Waals surface area contributed by atoms with Gasteiger partial charge in [-0.3, -0.25) is 0 Å². The normalized spacial score (nSPS) is 12.4. The van der Waals surface area contributed by atoms with Crippen LogP contribution in [0.1, 0.15) is 23.4 Å². The molecule has 1 aliphatic rings. The van der Waals surface area contributed by atoms with Crippen molar-refractivity contribution >= 4 is 22.8 Å². The SMILES string of the molecule is N#C/C(=N\O)c1nc2ccccc2[nH]1.N#CCC1=Cc2ccccc2C1. The largest absolute Gasteiger partial charge is 0.410 e. The van der Waals surface area contributed by atoms with E-state index in [0.717, 1.165) is 17.5 Å². The van der Waals surface area contributed by atoms with Gasteiger partial charge >= 0.3 is 0 Å². The van der Waals surface area contributed by atoms with E-state index in [0.29, 0.717) is 6.42 Å². The van der Waals surface area contributed by atoms with Crippen molar-refractivity contribution in [3.63, 3.8) is 0 Å². The number of nitriles is 2. The fourth-order valence-electron chi connectivity index (χ4n) is 2.75. The predicted octanol–water partition coefficient (Wildman–Crippen LogP) is 3.80. The third-order valence-corrected chi connectivity index (χ3v) is 3.96. The topological polar surface area (TPSA) is 109 Å². The molecule has 126 valence electrons. The number of nitrogens with zero attached hydrogens (tertiary/aromatic N) is 4. The lowest BCUT2D eigenvalue weighted by Crippen LogP contribution is -1.99. The predicted molar refractivity (Wildman–Crippen MR) is 98.4 cm³/mol. The molecule has 0 unspecified atom stereocenters. The van der Waals surface area contributed by atoms with Gasteiger partial charge in [-0.05, 0) is 29.7 Å². The summed E-state index contributed by atoms with van der Waals surface area (Å²) in [6, 6.07) is 19.5. The molecule has 1 heterocycles. The summed E-state index contributed by atoms with van der Waals surface area (Å²) in [5.41, 5.74) is 5.28. The van der Waals surface area contributed by atoms with Gasteiger partial charge in [-0.2, -0.15) is 10.5 Å². The molecule has 0 atom stereocenters. The molecule has 2 N–H and O–H groups in total. The van der Waals surface area contributed by atoms with E-state index in [-0.39, 0.29) is 11.5 Å². The Bertz CT molecular complexity index is 1050. The molecule has 2 aromatic carbocycles. The summed E-state index contributed by atoms with van der Waals surface area (Å²) in [6.07, 6.45) is 3.65. The van der Waals surface area contributed by atoms with Gasteiger partial charge in [0.2, 0.25) is 5.71 Å². The standard InChI is InChI=1S/C11H9N.C9H6N4O/c12-6-5-9-7-10-3-1-2-4-11(10)8-9;10-5-8(13-14)9-11-6-3-1-2-4-7(6)12-9/h1-4,7H,5,8H2;1-4,14H,(H,11,12)/b;13-8+. The number of para-hydroxylation sites is 2. The Morgan fingerprint density at radius 1 is 1.15 bits per heavy atom. The molecule has 0 fully saturated rings. The van der Waals surface area contributed by atoms with Gasteiger partial charge in [0.15, 0.2) is 5.82 Å². The minimum absolute atomic E-state index is 0.124. The number of hydrogen-bond acceptors (Lipinski definition) is 5. The number of H-pyrrole nitrogens is 1. The van der Waals surface area contributed by atoms with Gasteiger partial charge in [0.05, 0.1) is 23.5 Å². The molecule has 0 bridgehead atoms. The first kappa shape index (κ1) is 16.9. The van der Waals surface area contributed by atoms with Gasteiger partial charge in [-0.15, -0.1) is 0 Å². The molecule has 0 saturated heterocycles. The summed E-state index contributed by atoms with van der Waals surface area (Å²) in [5.74, 6) is 0.274. The molecule has 26 heavy (non-hydrogen) atoms. The number of fused-ring (bicyclic) bond motifs is 2. The third-order valence-electron chi connectivity index (χ3n) is 3.96. The van der Waals surface area contributed by atoms with Crippen LogP contribution in [0.25, 0.3) is 17.1 Å². The van der Waals surface area contributed by atoms with Gasteiger partial charge in [-0.25, -0.2) is 4.98 Å². The van der Waals surface area contributed by atoms with E-state index < -0.39 is 0 Å². The van der Waals surface area contributed by atoms with E-state index in [1.54, 1.807) is 6.07 Å². The lowest BCUT2D eigenvalue weighted by Gasteiger charge is -1.94. The molecule has 0 saturated carbocycles. The van der Waals surface area contributed by atoms with Gasteiger partial charge in [0, 0.05) is 0 Å². The molecule has 0 spiro atoms. The smallest absolute Gasteiger partial charge is 0.221 e. The van der Waals surface area contributed by atoms with Crippen LogP contribution < -0.4 is 0 Å². The van der Waals surface area contributed by atoms with Crippen molar-refractivity contribution in [1.29, 1.82) is 10.5 Å². The fraction of sp³-hybridized carbons (Fsp3) is 0.100. The number of hydrogen-bond donors (Lipinski definition) is 2. The number of aromatic amines is 1. The average Bonchev–Trinajstić information content (AvgIpc) is 3.27. The van der Waals surface area contributed by atoms with Crippen LogP contribution in [0.5, 0.6) is 0 Å². The Hall–Kier alpha value is -3.90. The van der Waals surface area contributed by atoms with Crippen LogP contribution in [0.4, 0.5) is 0 Å². The van der Waals surface area contributed by atoms with Crippen molar-refractivity contribution in [1.82, 2.24) is 9.97 Å². The molecule has 6 heteroatoms. The number of benzene rings is 2. The van der Waals surface area contributed by atoms with Gasteiger partial charge in [0.25, 0.3) is 0 Å². The lowest BCUT2D eigenvalue weighted by molar-refractivity contribution is 0.320. The van der Waals surface area contributed by atoms with Crippen molar-refractivity contribution in [2.45, 2.75) is 12.8 Å². The van der Waals surface area contributed by atoms with E-state index in [1.807, 2.05) is 36.4 Å². The maximum Gasteiger partial charge on any atom is 0.221 e. The van der Waals surface area contributed by atoms with E-state index in [1.165, 1.54) is 16.7 Å². The monoisotopic (exact) mass is 341 g/mol. The second-order valence-corrected chi connectivity index (χ2v) is 5.68. The molecule has 4 rings (SSSR count). The first-order chi connectivity index (χ1) is 12.7. The summed E-state index contributed by atoms with van der Waals surface area (Å²) >= 11 is 0. The highest BCUT2D eigenvalue weighted by molar-refractivity contribution is 6.10. The Labute approximate surface area is 150 Å². The van der Waals surface area contributed by atoms with Gasteiger partial charge in [-0.1, -0.05) is 53.2 Å². The molecule has 1 aliphatic carbocycles. The van der Waals surface area contributed by atoms with Gasteiger partial charge < -0.3 is 10.2 Å². The molecule has 0 aliphatic heterocycles. The van der Waals surface area contributed by atoms with Crippen LogP contribution in [0.2, 0.25) is 0 Å². The van der Waals surface area contributed by atoms with Gasteiger partial charge in [0.1, 0.15) is 6.07 Å². The lowest BCUT2D eigenvalue weighted by atomic mass is 10.1. The minimum atomic E-state index is -0.124. The Kier molecular flexibility index (Phi) is 5.07. The van der Waals surface area contributed by atoms with Crippen LogP contribution in [0, 0.1) is 22.7 Å². The Morgan fingerprint density at radius 3 is 2.62 bits per heavy atom. The van der Waals surface area contributed by atoms with E-state index >= 15 is 0 Å². The summed E-state index contributed by atoms with van der Waals surface area (Å²) < 4.78 is 0. The number of allylic oxidation sites excluding steroid dienone is 1. The zero-order valence-electron chi connectivity index (χ0n) is 13.8. The first-order valence-corrected chi connectivity index (χ1v) is 7.96. The number of aromatic nitrogens is 2. The van der Waals surface area contributed by atoms with E-state index in [9.17, 15) is 0 Å². The second kappa shape index (κ2) is 7.78. The highest BCUT2D eigenvalue weighted by Crippen LogP contribution is 2.25. The number of imidazole rings is 1. The van der Waals surface area contributed by atoms with Crippen molar-refractivity contribution < 1.29 is 5.21 Å². The first-order valence-electron chi connectivity index (χ1n) is 7.96. The zero-order chi connectivity index (χ0) is 18.4. The van der Waals surface area contributed by atoms with Crippen molar-refractivity contribution in [3.05, 3.63) is 71.1 Å². The van der Waals surface area contributed by atoms with Crippen LogP contribution in [0.3, 0.4) is 0 Å².